The Kier molecular flexibility index (Phi) is 3.15. The molecular formula is C17H12BrNO3. The molecule has 0 saturated heterocycles. The number of ether oxygens (including phenoxy) is 2. The van der Waals surface area contributed by atoms with Crippen LogP contribution in [0.5, 0.6) is 11.5 Å². The van der Waals surface area contributed by atoms with Gasteiger partial charge in [-0.15, -0.1) is 0 Å². The number of halogens is 1. The summed E-state index contributed by atoms with van der Waals surface area (Å²) in [6.07, 6.45) is 3.76. The van der Waals surface area contributed by atoms with E-state index in [1.165, 1.54) is 0 Å². The Morgan fingerprint density at radius 1 is 1.14 bits per heavy atom. The van der Waals surface area contributed by atoms with Crippen LogP contribution in [0.15, 0.2) is 47.1 Å². The van der Waals surface area contributed by atoms with E-state index in [4.69, 9.17) is 9.47 Å². The average Bonchev–Trinajstić information content (AvgIpc) is 3.02. The summed E-state index contributed by atoms with van der Waals surface area (Å²) in [4.78, 5) is 14.6. The van der Waals surface area contributed by atoms with Crippen molar-refractivity contribution in [3.8, 4) is 11.5 Å². The fourth-order valence-electron chi connectivity index (χ4n) is 2.68. The first-order chi connectivity index (χ1) is 10.7. The van der Waals surface area contributed by atoms with Crippen molar-refractivity contribution in [2.45, 2.75) is 6.54 Å². The van der Waals surface area contributed by atoms with E-state index in [1.54, 1.807) is 11.0 Å². The third kappa shape index (κ3) is 2.09. The zero-order chi connectivity index (χ0) is 15.1. The normalized spacial score (nSPS) is 14.9. The van der Waals surface area contributed by atoms with Crippen molar-refractivity contribution in [1.29, 1.82) is 0 Å². The van der Waals surface area contributed by atoms with Crippen molar-refractivity contribution in [3.63, 3.8) is 0 Å². The molecule has 0 aliphatic carbocycles. The first-order valence-corrected chi connectivity index (χ1v) is 7.68. The second-order valence-corrected chi connectivity index (χ2v) is 5.96. The van der Waals surface area contributed by atoms with Gasteiger partial charge in [-0.3, -0.25) is 4.79 Å². The minimum Gasteiger partial charge on any atom is -0.454 e. The fraction of sp³-hybridized carbons (Fsp3) is 0.118. The van der Waals surface area contributed by atoms with Gasteiger partial charge in [-0.1, -0.05) is 24.3 Å². The molecule has 0 atom stereocenters. The lowest BCUT2D eigenvalue weighted by Crippen LogP contribution is -2.28. The van der Waals surface area contributed by atoms with Crippen LogP contribution in [0, 0.1) is 0 Å². The Bertz CT molecular complexity index is 800. The molecule has 0 N–H and O–H groups in total. The molecule has 110 valence electrons. The van der Waals surface area contributed by atoms with Gasteiger partial charge in [-0.2, -0.15) is 0 Å². The Morgan fingerprint density at radius 3 is 2.91 bits per heavy atom. The fourth-order valence-corrected chi connectivity index (χ4v) is 3.16. The van der Waals surface area contributed by atoms with Gasteiger partial charge < -0.3 is 14.4 Å². The number of hydrogen-bond donors (Lipinski definition) is 0. The molecule has 4 rings (SSSR count). The molecule has 0 bridgehead atoms. The molecule has 2 aromatic carbocycles. The summed E-state index contributed by atoms with van der Waals surface area (Å²) in [5.74, 6) is 1.000. The van der Waals surface area contributed by atoms with Crippen LogP contribution in [-0.4, -0.2) is 17.6 Å². The lowest BCUT2D eigenvalue weighted by Gasteiger charge is -2.24. The number of nitrogens with zero attached hydrogens (tertiary/aromatic N) is 1. The van der Waals surface area contributed by atoms with Gasteiger partial charge in [0.05, 0.1) is 6.54 Å². The number of fused-ring (bicyclic) bond motifs is 2. The van der Waals surface area contributed by atoms with Gasteiger partial charge in [-0.25, -0.2) is 0 Å². The number of amides is 1. The molecule has 4 nitrogen and oxygen atoms in total. The van der Waals surface area contributed by atoms with E-state index in [1.807, 2.05) is 42.6 Å². The maximum absolute atomic E-state index is 12.9. The second-order valence-electron chi connectivity index (χ2n) is 5.10. The van der Waals surface area contributed by atoms with Crippen molar-refractivity contribution >= 4 is 27.9 Å². The van der Waals surface area contributed by atoms with Crippen molar-refractivity contribution in [3.05, 3.63) is 63.8 Å². The van der Waals surface area contributed by atoms with Crippen LogP contribution in [0.3, 0.4) is 0 Å². The minimum absolute atomic E-state index is 0.111. The Hall–Kier alpha value is -2.27. The molecule has 2 heterocycles. The molecule has 22 heavy (non-hydrogen) atoms. The molecular weight excluding hydrogens is 346 g/mol. The molecule has 0 radical (unpaired) electrons. The first kappa shape index (κ1) is 13.4. The molecule has 0 fully saturated rings. The molecule has 0 spiro atoms. The van der Waals surface area contributed by atoms with E-state index in [-0.39, 0.29) is 12.7 Å². The molecule has 2 aliphatic heterocycles. The van der Waals surface area contributed by atoms with Crippen LogP contribution in [0.25, 0.3) is 6.08 Å². The van der Waals surface area contributed by atoms with Crippen molar-refractivity contribution in [1.82, 2.24) is 4.90 Å². The first-order valence-electron chi connectivity index (χ1n) is 6.89. The van der Waals surface area contributed by atoms with Crippen LogP contribution < -0.4 is 9.47 Å². The van der Waals surface area contributed by atoms with E-state index in [0.29, 0.717) is 28.1 Å². The largest absolute Gasteiger partial charge is 0.454 e. The van der Waals surface area contributed by atoms with E-state index in [0.717, 1.165) is 11.1 Å². The van der Waals surface area contributed by atoms with Gasteiger partial charge in [0.15, 0.2) is 11.5 Å². The highest BCUT2D eigenvalue weighted by molar-refractivity contribution is 9.10. The highest BCUT2D eigenvalue weighted by Crippen LogP contribution is 2.40. The topological polar surface area (TPSA) is 38.8 Å². The minimum atomic E-state index is -0.111. The third-order valence-electron chi connectivity index (χ3n) is 3.79. The van der Waals surface area contributed by atoms with E-state index < -0.39 is 0 Å². The van der Waals surface area contributed by atoms with Crippen LogP contribution in [0.1, 0.15) is 21.5 Å². The molecule has 5 heteroatoms. The van der Waals surface area contributed by atoms with Gasteiger partial charge >= 0.3 is 0 Å². The van der Waals surface area contributed by atoms with E-state index >= 15 is 0 Å². The van der Waals surface area contributed by atoms with E-state index in [2.05, 4.69) is 15.9 Å². The standard InChI is InChI=1S/C17H12BrNO3/c18-13-5-6-14-16(22-10-21-14)15(13)17(20)19-8-7-11-3-1-2-4-12(11)9-19/h1-8H,9-10H2. The number of benzene rings is 2. The summed E-state index contributed by atoms with van der Waals surface area (Å²) in [6.45, 7) is 0.688. The third-order valence-corrected chi connectivity index (χ3v) is 4.45. The number of carbonyl (C=O) groups is 1. The SMILES string of the molecule is O=C(c1c(Br)ccc2c1OCO2)N1C=Cc2ccccc2C1. The summed E-state index contributed by atoms with van der Waals surface area (Å²) >= 11 is 3.44. The molecule has 2 aliphatic rings. The molecule has 0 aromatic heterocycles. The van der Waals surface area contributed by atoms with Gasteiger partial charge in [0.25, 0.3) is 5.91 Å². The van der Waals surface area contributed by atoms with Crippen LogP contribution in [-0.2, 0) is 6.54 Å². The van der Waals surface area contributed by atoms with Crippen molar-refractivity contribution in [2.75, 3.05) is 6.79 Å². The maximum Gasteiger partial charge on any atom is 0.263 e. The van der Waals surface area contributed by atoms with Gasteiger partial charge in [0, 0.05) is 10.7 Å². The van der Waals surface area contributed by atoms with Crippen molar-refractivity contribution in [2.24, 2.45) is 0 Å². The number of rotatable bonds is 1. The van der Waals surface area contributed by atoms with Crippen molar-refractivity contribution < 1.29 is 14.3 Å². The molecule has 0 unspecified atom stereocenters. The Labute approximate surface area is 136 Å². The summed E-state index contributed by atoms with van der Waals surface area (Å²) in [6, 6.07) is 11.6. The summed E-state index contributed by atoms with van der Waals surface area (Å²) in [7, 11) is 0. The zero-order valence-electron chi connectivity index (χ0n) is 11.6. The number of hydrogen-bond acceptors (Lipinski definition) is 3. The summed E-state index contributed by atoms with van der Waals surface area (Å²) in [5.41, 5.74) is 2.77. The Balaban J connectivity index is 1.71. The van der Waals surface area contributed by atoms with E-state index in [9.17, 15) is 4.79 Å². The molecule has 0 saturated carbocycles. The molecule has 1 amide bonds. The average molecular weight is 358 g/mol. The lowest BCUT2D eigenvalue weighted by molar-refractivity contribution is 0.0807. The molecule has 2 aromatic rings. The second kappa shape index (κ2) is 5.18. The Morgan fingerprint density at radius 2 is 2.00 bits per heavy atom. The van der Waals surface area contributed by atoms with Crippen LogP contribution in [0.4, 0.5) is 0 Å². The highest BCUT2D eigenvalue weighted by Gasteiger charge is 2.28. The number of carbonyl (C=O) groups excluding carboxylic acids is 1. The van der Waals surface area contributed by atoms with Gasteiger partial charge in [-0.05, 0) is 45.3 Å². The van der Waals surface area contributed by atoms with Crippen LogP contribution in [0.2, 0.25) is 0 Å². The summed E-state index contributed by atoms with van der Waals surface area (Å²) in [5, 5.41) is 0. The predicted octanol–water partition coefficient (Wildman–Crippen LogP) is 3.80. The van der Waals surface area contributed by atoms with Gasteiger partial charge in [0.2, 0.25) is 6.79 Å². The zero-order valence-corrected chi connectivity index (χ0v) is 13.2. The summed E-state index contributed by atoms with van der Waals surface area (Å²) < 4.78 is 11.5. The monoisotopic (exact) mass is 357 g/mol. The highest BCUT2D eigenvalue weighted by atomic mass is 79.9. The smallest absolute Gasteiger partial charge is 0.263 e. The predicted molar refractivity (Wildman–Crippen MR) is 85.6 cm³/mol. The lowest BCUT2D eigenvalue weighted by atomic mass is 10.0. The quantitative estimate of drug-likeness (QED) is 0.778. The maximum atomic E-state index is 12.9. The van der Waals surface area contributed by atoms with Crippen LogP contribution >= 0.6 is 15.9 Å². The van der Waals surface area contributed by atoms with Gasteiger partial charge in [0.1, 0.15) is 5.56 Å².